The molecule has 0 saturated heterocycles. The molecule has 8 nitrogen and oxygen atoms in total. The molecular formula is C44H83NO7P2+2. The van der Waals surface area contributed by atoms with Crippen LogP contribution in [-0.4, -0.2) is 44.6 Å². The van der Waals surface area contributed by atoms with Crippen LogP contribution in [0.2, 0.25) is 0 Å². The van der Waals surface area contributed by atoms with Crippen LogP contribution in [0, 0.1) is 13.8 Å². The third kappa shape index (κ3) is 25.2. The molecule has 1 aromatic carbocycles. The van der Waals surface area contributed by atoms with Crippen LogP contribution in [0.3, 0.4) is 0 Å². The molecule has 314 valence electrons. The van der Waals surface area contributed by atoms with Crippen molar-refractivity contribution in [3.05, 3.63) is 22.8 Å². The number of anilines is 1. The first-order valence-electron chi connectivity index (χ1n) is 22.1. The predicted molar refractivity (Wildman–Crippen MR) is 230 cm³/mol. The average Bonchev–Trinajstić information content (AvgIpc) is 3.13. The van der Waals surface area contributed by atoms with Crippen LogP contribution < -0.4 is 4.90 Å². The molecule has 2 atom stereocenters. The van der Waals surface area contributed by atoms with Gasteiger partial charge in [-0.25, -0.2) is 0 Å². The monoisotopic (exact) mass is 800 g/mol. The standard InChI is InChI=1S/C44H82NO7P2/c1-8-10-12-14-22-28-34-49-53(47)51-36-30-24-18-16-20-26-32-45(42-38-41(44(5,6)7)43(46)40(4)39(42)3)33-27-21-17-19-25-31-37-52-54(48)50-35-29-23-15-13-11-9-2/h38H,8-37H2,1-7H3/q+1/p+1. The van der Waals surface area contributed by atoms with E-state index in [1.807, 2.05) is 6.92 Å². The molecule has 54 heavy (non-hydrogen) atoms. The highest BCUT2D eigenvalue weighted by molar-refractivity contribution is 7.33. The summed E-state index contributed by atoms with van der Waals surface area (Å²) < 4.78 is 45.5. The number of unbranched alkanes of at least 4 members (excludes halogenated alkanes) is 20. The van der Waals surface area contributed by atoms with Crippen LogP contribution in [0.15, 0.2) is 6.07 Å². The fourth-order valence-electron chi connectivity index (χ4n) is 6.76. The highest BCUT2D eigenvalue weighted by atomic mass is 31.1. The van der Waals surface area contributed by atoms with E-state index in [1.165, 1.54) is 88.3 Å². The van der Waals surface area contributed by atoms with E-state index in [4.69, 9.17) is 18.1 Å². The second kappa shape index (κ2) is 32.9. The molecule has 1 aromatic rings. The SMILES string of the molecule is CCCCCCCCO[P+](=O)OCCCCCCCCN(CCCCCCCCO[P+](=O)OCCCCCCCC)c1cc(C(C)(C)C)c(O)c(C)c1C. The Labute approximate surface area is 334 Å². The van der Waals surface area contributed by atoms with Crippen LogP contribution >= 0.6 is 16.5 Å². The van der Waals surface area contributed by atoms with Gasteiger partial charge in [0.25, 0.3) is 0 Å². The number of aromatic hydroxyl groups is 1. The number of hydrogen-bond donors (Lipinski definition) is 1. The minimum absolute atomic E-state index is 0.142. The van der Waals surface area contributed by atoms with Crippen LogP contribution in [0.25, 0.3) is 0 Å². The Morgan fingerprint density at radius 1 is 0.519 bits per heavy atom. The highest BCUT2D eigenvalue weighted by Gasteiger charge is 2.24. The summed E-state index contributed by atoms with van der Waals surface area (Å²) in [5.41, 5.74) is 4.28. The van der Waals surface area contributed by atoms with E-state index in [2.05, 4.69) is 52.5 Å². The zero-order chi connectivity index (χ0) is 39.9. The van der Waals surface area contributed by atoms with Gasteiger partial charge in [0.05, 0.1) is 0 Å². The third-order valence-corrected chi connectivity index (χ3v) is 12.0. The van der Waals surface area contributed by atoms with Gasteiger partial charge in [0.15, 0.2) is 0 Å². The van der Waals surface area contributed by atoms with E-state index in [-0.39, 0.29) is 5.41 Å². The van der Waals surface area contributed by atoms with Gasteiger partial charge in [0, 0.05) is 33.5 Å². The Balaban J connectivity index is 2.40. The lowest BCUT2D eigenvalue weighted by molar-refractivity contribution is 0.217. The van der Waals surface area contributed by atoms with Gasteiger partial charge < -0.3 is 10.0 Å². The van der Waals surface area contributed by atoms with Crippen molar-refractivity contribution in [1.82, 2.24) is 0 Å². The van der Waals surface area contributed by atoms with Crippen molar-refractivity contribution in [3.63, 3.8) is 0 Å². The number of rotatable bonds is 37. The normalized spacial score (nSPS) is 12.4. The summed E-state index contributed by atoms with van der Waals surface area (Å²) in [5.74, 6) is 0.430. The lowest BCUT2D eigenvalue weighted by atomic mass is 9.83. The zero-order valence-electron chi connectivity index (χ0n) is 36.0. The predicted octanol–water partition coefficient (Wildman–Crippen LogP) is 14.9. The fourth-order valence-corrected chi connectivity index (χ4v) is 8.02. The Morgan fingerprint density at radius 3 is 1.17 bits per heavy atom. The van der Waals surface area contributed by atoms with Crippen molar-refractivity contribution in [2.45, 2.75) is 208 Å². The number of phenolic OH excluding ortho intramolecular Hbond substituents is 1. The van der Waals surface area contributed by atoms with Gasteiger partial charge >= 0.3 is 16.5 Å². The molecule has 0 bridgehead atoms. The molecule has 0 aliphatic heterocycles. The maximum Gasteiger partial charge on any atom is 0.697 e. The van der Waals surface area contributed by atoms with E-state index in [0.717, 1.165) is 101 Å². The molecule has 0 radical (unpaired) electrons. The topological polar surface area (TPSA) is 94.5 Å². The minimum atomic E-state index is -1.99. The first kappa shape index (κ1) is 50.9. The summed E-state index contributed by atoms with van der Waals surface area (Å²) in [5, 5.41) is 11.0. The lowest BCUT2D eigenvalue weighted by Crippen LogP contribution is -2.27. The van der Waals surface area contributed by atoms with Gasteiger partial charge in [-0.15, -0.1) is 18.1 Å². The van der Waals surface area contributed by atoms with E-state index in [0.29, 0.717) is 32.2 Å². The van der Waals surface area contributed by atoms with Crippen LogP contribution in [0.1, 0.15) is 205 Å². The molecule has 1 N–H and O–H groups in total. The Morgan fingerprint density at radius 2 is 0.833 bits per heavy atom. The summed E-state index contributed by atoms with van der Waals surface area (Å²) in [6.45, 7) is 19.2. The number of phenols is 1. The fraction of sp³-hybridized carbons (Fsp3) is 0.864. The number of nitrogens with zero attached hydrogens (tertiary/aromatic N) is 1. The van der Waals surface area contributed by atoms with Gasteiger partial charge in [-0.1, -0.05) is 150 Å². The van der Waals surface area contributed by atoms with Crippen molar-refractivity contribution < 1.29 is 32.3 Å². The molecule has 10 heteroatoms. The van der Waals surface area contributed by atoms with E-state index >= 15 is 0 Å². The number of benzene rings is 1. The molecule has 0 fully saturated rings. The Kier molecular flexibility index (Phi) is 31.0. The minimum Gasteiger partial charge on any atom is -0.507 e. The molecule has 2 unspecified atom stereocenters. The molecule has 0 heterocycles. The van der Waals surface area contributed by atoms with Crippen LogP contribution in [0.5, 0.6) is 5.75 Å². The van der Waals surface area contributed by atoms with Gasteiger partial charge in [0.2, 0.25) is 0 Å². The summed E-state index contributed by atoms with van der Waals surface area (Å²) in [6.07, 6.45) is 27.5. The van der Waals surface area contributed by atoms with Crippen molar-refractivity contribution in [2.75, 3.05) is 44.4 Å². The Bertz CT molecular complexity index is 1060. The molecule has 0 spiro atoms. The van der Waals surface area contributed by atoms with E-state index in [9.17, 15) is 14.2 Å². The first-order chi connectivity index (χ1) is 26.0. The second-order valence-electron chi connectivity index (χ2n) is 16.3. The van der Waals surface area contributed by atoms with Crippen molar-refractivity contribution in [1.29, 1.82) is 0 Å². The molecule has 0 aliphatic rings. The Hall–Kier alpha value is -1.14. The largest absolute Gasteiger partial charge is 0.697 e. The van der Waals surface area contributed by atoms with Gasteiger partial charge in [-0.2, -0.15) is 0 Å². The quantitative estimate of drug-likeness (QED) is 0.0525. The third-order valence-electron chi connectivity index (χ3n) is 10.4. The summed E-state index contributed by atoms with van der Waals surface area (Å²) in [6, 6.07) is 2.24. The molecule has 0 amide bonds. The van der Waals surface area contributed by atoms with Gasteiger partial charge in [-0.05, 0) is 75.0 Å². The summed E-state index contributed by atoms with van der Waals surface area (Å²) in [4.78, 5) is 2.56. The molecule has 0 saturated carbocycles. The maximum atomic E-state index is 12.0. The van der Waals surface area contributed by atoms with Crippen molar-refractivity contribution >= 4 is 22.2 Å². The van der Waals surface area contributed by atoms with E-state index in [1.54, 1.807) is 0 Å². The second-order valence-corrected chi connectivity index (χ2v) is 18.3. The summed E-state index contributed by atoms with van der Waals surface area (Å²) >= 11 is 0. The highest BCUT2D eigenvalue weighted by Crippen LogP contribution is 2.40. The summed E-state index contributed by atoms with van der Waals surface area (Å²) in [7, 11) is -3.99. The zero-order valence-corrected chi connectivity index (χ0v) is 37.8. The molecule has 1 rings (SSSR count). The van der Waals surface area contributed by atoms with E-state index < -0.39 is 16.5 Å². The smallest absolute Gasteiger partial charge is 0.507 e. The lowest BCUT2D eigenvalue weighted by Gasteiger charge is -2.31. The molecule has 0 aromatic heterocycles. The molecular weight excluding hydrogens is 716 g/mol. The van der Waals surface area contributed by atoms with Crippen molar-refractivity contribution in [2.24, 2.45) is 0 Å². The van der Waals surface area contributed by atoms with Gasteiger partial charge in [0.1, 0.15) is 32.2 Å². The molecule has 0 aliphatic carbocycles. The van der Waals surface area contributed by atoms with Gasteiger partial charge in [-0.3, -0.25) is 0 Å². The number of hydrogen-bond acceptors (Lipinski definition) is 8. The average molecular weight is 800 g/mol. The maximum absolute atomic E-state index is 12.0. The van der Waals surface area contributed by atoms with Crippen molar-refractivity contribution in [3.8, 4) is 5.75 Å². The van der Waals surface area contributed by atoms with Crippen LogP contribution in [-0.2, 0) is 32.6 Å². The first-order valence-corrected chi connectivity index (χ1v) is 24.3. The van der Waals surface area contributed by atoms with Crippen LogP contribution in [0.4, 0.5) is 5.69 Å².